The van der Waals surface area contributed by atoms with Crippen LogP contribution in [0.25, 0.3) is 0 Å². The third kappa shape index (κ3) is 6.30. The van der Waals surface area contributed by atoms with Crippen LogP contribution in [0.1, 0.15) is 35.6 Å². The Morgan fingerprint density at radius 1 is 0.763 bits per heavy atom. The van der Waals surface area contributed by atoms with Gasteiger partial charge in [0.2, 0.25) is 0 Å². The van der Waals surface area contributed by atoms with Crippen molar-refractivity contribution < 1.29 is 17.3 Å². The van der Waals surface area contributed by atoms with Crippen molar-refractivity contribution in [1.82, 2.24) is 0 Å². The van der Waals surface area contributed by atoms with Crippen LogP contribution in [0.2, 0.25) is 0 Å². The molecule has 0 heterocycles. The second-order valence-electron chi connectivity index (χ2n) is 9.57. The first kappa shape index (κ1) is 27.5. The van der Waals surface area contributed by atoms with Crippen LogP contribution in [0.4, 0.5) is 0 Å². The summed E-state index contributed by atoms with van der Waals surface area (Å²) < 4.78 is 38.2. The van der Waals surface area contributed by atoms with Gasteiger partial charge in [0.1, 0.15) is 5.60 Å². The SMILES string of the molecule is C=C[C@H](C[C@@H](C)COC(c1ccccc1)(c1ccccc1)c1ccccc1)OS(=O)(=O)c1ccc(C)cc1. The van der Waals surface area contributed by atoms with E-state index in [0.717, 1.165) is 22.3 Å². The van der Waals surface area contributed by atoms with Crippen molar-refractivity contribution in [3.63, 3.8) is 0 Å². The molecule has 0 fully saturated rings. The quantitative estimate of drug-likeness (QED) is 0.110. The van der Waals surface area contributed by atoms with Gasteiger partial charge in [-0.2, -0.15) is 8.42 Å². The largest absolute Gasteiger partial charge is 0.361 e. The van der Waals surface area contributed by atoms with Crippen molar-refractivity contribution in [2.24, 2.45) is 5.92 Å². The standard InChI is InChI=1S/C33H34O4S/c1-4-31(37-38(34,35)32-22-20-26(2)21-23-32)24-27(3)25-36-33(28-14-8-5-9-15-28,29-16-10-6-11-17-29)30-18-12-7-13-19-30/h4-23,27,31H,1,24-25H2,2-3H3/t27-,31-/m1/s1. The highest BCUT2D eigenvalue weighted by atomic mass is 32.2. The Bertz CT molecular complexity index is 1300. The van der Waals surface area contributed by atoms with E-state index in [4.69, 9.17) is 8.92 Å². The third-order valence-corrected chi connectivity index (χ3v) is 7.93. The Balaban J connectivity index is 1.59. The van der Waals surface area contributed by atoms with Crippen molar-refractivity contribution in [1.29, 1.82) is 0 Å². The van der Waals surface area contributed by atoms with Gasteiger partial charge in [-0.05, 0) is 48.1 Å². The first-order chi connectivity index (χ1) is 18.3. The molecular weight excluding hydrogens is 492 g/mol. The van der Waals surface area contributed by atoms with Crippen molar-refractivity contribution in [3.8, 4) is 0 Å². The molecule has 0 bridgehead atoms. The zero-order valence-electron chi connectivity index (χ0n) is 21.9. The fraction of sp³-hybridized carbons (Fsp3) is 0.212. The number of ether oxygens (including phenoxy) is 1. The van der Waals surface area contributed by atoms with Gasteiger partial charge in [0.05, 0.1) is 17.6 Å². The van der Waals surface area contributed by atoms with E-state index in [9.17, 15) is 8.42 Å². The van der Waals surface area contributed by atoms with Gasteiger partial charge < -0.3 is 4.74 Å². The minimum Gasteiger partial charge on any atom is -0.361 e. The molecule has 0 aromatic heterocycles. The molecule has 38 heavy (non-hydrogen) atoms. The first-order valence-electron chi connectivity index (χ1n) is 12.8. The van der Waals surface area contributed by atoms with Gasteiger partial charge >= 0.3 is 0 Å². The summed E-state index contributed by atoms with van der Waals surface area (Å²) in [6.07, 6.45) is 1.30. The van der Waals surface area contributed by atoms with E-state index in [1.54, 1.807) is 30.3 Å². The molecule has 0 aliphatic carbocycles. The van der Waals surface area contributed by atoms with Crippen LogP contribution in [-0.2, 0) is 24.6 Å². The lowest BCUT2D eigenvalue weighted by Gasteiger charge is -2.37. The van der Waals surface area contributed by atoms with Crippen LogP contribution in [0.15, 0.2) is 133 Å². The Kier molecular flexibility index (Phi) is 8.95. The van der Waals surface area contributed by atoms with Gasteiger partial charge in [0.15, 0.2) is 0 Å². The molecule has 5 heteroatoms. The summed E-state index contributed by atoms with van der Waals surface area (Å²) in [5.41, 5.74) is 3.19. The van der Waals surface area contributed by atoms with Crippen LogP contribution in [-0.4, -0.2) is 21.1 Å². The Morgan fingerprint density at radius 3 is 1.63 bits per heavy atom. The minimum atomic E-state index is -3.92. The van der Waals surface area contributed by atoms with Crippen LogP contribution in [0.5, 0.6) is 0 Å². The molecule has 4 aromatic carbocycles. The number of hydrogen-bond acceptors (Lipinski definition) is 4. The van der Waals surface area contributed by atoms with E-state index in [2.05, 4.69) is 43.0 Å². The molecule has 0 aliphatic heterocycles. The Labute approximate surface area is 226 Å². The fourth-order valence-corrected chi connectivity index (χ4v) is 5.66. The molecule has 0 spiro atoms. The number of rotatable bonds is 12. The molecule has 0 unspecified atom stereocenters. The summed E-state index contributed by atoms with van der Waals surface area (Å²) >= 11 is 0. The molecule has 0 saturated carbocycles. The fourth-order valence-electron chi connectivity index (χ4n) is 4.60. The Morgan fingerprint density at radius 2 is 1.21 bits per heavy atom. The second-order valence-corrected chi connectivity index (χ2v) is 11.1. The average Bonchev–Trinajstić information content (AvgIpc) is 2.95. The second kappa shape index (κ2) is 12.4. The third-order valence-electron chi connectivity index (χ3n) is 6.58. The lowest BCUT2D eigenvalue weighted by Crippen LogP contribution is -2.35. The summed E-state index contributed by atoms with van der Waals surface area (Å²) in [6, 6.07) is 37.2. The topological polar surface area (TPSA) is 52.6 Å². The van der Waals surface area contributed by atoms with Crippen LogP contribution in [0, 0.1) is 12.8 Å². The van der Waals surface area contributed by atoms with Crippen LogP contribution in [0.3, 0.4) is 0 Å². The lowest BCUT2D eigenvalue weighted by atomic mass is 9.80. The molecule has 0 saturated heterocycles. The molecule has 0 radical (unpaired) electrons. The smallest absolute Gasteiger partial charge is 0.297 e. The predicted octanol–water partition coefficient (Wildman–Crippen LogP) is 7.29. The molecule has 4 nitrogen and oxygen atoms in total. The molecule has 4 rings (SSSR count). The first-order valence-corrected chi connectivity index (χ1v) is 14.2. The summed E-state index contributed by atoms with van der Waals surface area (Å²) in [5, 5.41) is 0. The number of benzene rings is 4. The zero-order valence-corrected chi connectivity index (χ0v) is 22.7. The number of aryl methyl sites for hydroxylation is 1. The zero-order chi connectivity index (χ0) is 27.0. The van der Waals surface area contributed by atoms with Gasteiger partial charge in [-0.1, -0.05) is 122 Å². The van der Waals surface area contributed by atoms with Crippen molar-refractivity contribution >= 4 is 10.1 Å². The van der Waals surface area contributed by atoms with E-state index < -0.39 is 21.8 Å². The number of hydrogen-bond donors (Lipinski definition) is 0. The maximum Gasteiger partial charge on any atom is 0.297 e. The van der Waals surface area contributed by atoms with Crippen molar-refractivity contribution in [2.45, 2.75) is 36.9 Å². The van der Waals surface area contributed by atoms with E-state index in [1.807, 2.05) is 68.4 Å². The van der Waals surface area contributed by atoms with Crippen LogP contribution >= 0.6 is 0 Å². The van der Waals surface area contributed by atoms with Gasteiger partial charge in [-0.15, -0.1) is 6.58 Å². The molecule has 196 valence electrons. The monoisotopic (exact) mass is 526 g/mol. The van der Waals surface area contributed by atoms with Crippen molar-refractivity contribution in [2.75, 3.05) is 6.61 Å². The highest BCUT2D eigenvalue weighted by Gasteiger charge is 2.38. The van der Waals surface area contributed by atoms with Crippen LogP contribution < -0.4 is 0 Å². The highest BCUT2D eigenvalue weighted by Crippen LogP contribution is 2.41. The molecule has 2 atom stereocenters. The maximum absolute atomic E-state index is 12.9. The van der Waals surface area contributed by atoms with Gasteiger partial charge in [0.25, 0.3) is 10.1 Å². The normalized spacial score (nSPS) is 13.5. The van der Waals surface area contributed by atoms with E-state index >= 15 is 0 Å². The molecule has 4 aromatic rings. The van der Waals surface area contributed by atoms with E-state index in [0.29, 0.717) is 13.0 Å². The predicted molar refractivity (Wildman–Crippen MR) is 152 cm³/mol. The Hall–Kier alpha value is -3.51. The van der Waals surface area contributed by atoms with E-state index in [-0.39, 0.29) is 10.8 Å². The lowest BCUT2D eigenvalue weighted by molar-refractivity contribution is -0.0104. The summed E-state index contributed by atoms with van der Waals surface area (Å²) in [7, 11) is -3.92. The molecule has 0 aliphatic rings. The van der Waals surface area contributed by atoms with Crippen molar-refractivity contribution in [3.05, 3.63) is 150 Å². The van der Waals surface area contributed by atoms with E-state index in [1.165, 1.54) is 0 Å². The van der Waals surface area contributed by atoms with Gasteiger partial charge in [-0.25, -0.2) is 0 Å². The maximum atomic E-state index is 12.9. The summed E-state index contributed by atoms with van der Waals surface area (Å²) in [5.74, 6) is -0.0262. The summed E-state index contributed by atoms with van der Waals surface area (Å²) in [4.78, 5) is 0.134. The molecule has 0 N–H and O–H groups in total. The molecular formula is C33H34O4S. The van der Waals surface area contributed by atoms with Gasteiger partial charge in [0, 0.05) is 0 Å². The average molecular weight is 527 g/mol. The highest BCUT2D eigenvalue weighted by molar-refractivity contribution is 7.86. The molecule has 0 amide bonds. The van der Waals surface area contributed by atoms with Gasteiger partial charge in [-0.3, -0.25) is 4.18 Å². The minimum absolute atomic E-state index is 0.0262. The summed E-state index contributed by atoms with van der Waals surface area (Å²) in [6.45, 7) is 8.14.